The van der Waals surface area contributed by atoms with Crippen molar-refractivity contribution in [1.82, 2.24) is 19.5 Å². The van der Waals surface area contributed by atoms with Crippen molar-refractivity contribution >= 4 is 65.3 Å². The van der Waals surface area contributed by atoms with Gasteiger partial charge in [0.25, 0.3) is 0 Å². The zero-order valence-electron chi connectivity index (χ0n) is 30.0. The van der Waals surface area contributed by atoms with Crippen LogP contribution in [0, 0.1) is 0 Å². The van der Waals surface area contributed by atoms with E-state index in [0.29, 0.717) is 17.5 Å². The van der Waals surface area contributed by atoms with Gasteiger partial charge in [0.15, 0.2) is 23.1 Å². The van der Waals surface area contributed by atoms with Gasteiger partial charge in [0.2, 0.25) is 0 Å². The Labute approximate surface area is 321 Å². The number of hydrogen-bond donors (Lipinski definition) is 0. The maximum absolute atomic E-state index is 7.09. The van der Waals surface area contributed by atoms with Gasteiger partial charge in [0.1, 0.15) is 5.58 Å². The fourth-order valence-electron chi connectivity index (χ4n) is 8.81. The average Bonchev–Trinajstić information content (AvgIpc) is 3.83. The molecule has 0 N–H and O–H groups in total. The molecule has 9 aromatic carbocycles. The summed E-state index contributed by atoms with van der Waals surface area (Å²) in [6, 6.07) is 63.5. The van der Waals surface area contributed by atoms with Gasteiger partial charge in [-0.2, -0.15) is 0 Å². The maximum atomic E-state index is 7.09. The molecule has 0 aliphatic heterocycles. The molecular weight excluding hydrogens is 685 g/mol. The fourth-order valence-corrected chi connectivity index (χ4v) is 8.81. The SMILES string of the molecule is c1ccc(-c2nc(-c3ccccc3-c3ccccc3)nc(-c3cccc4c3oc3c(-n5c6cccc7c8ccccc8c8cccc5c8c76)cccc34)n2)cc1. The largest absolute Gasteiger partial charge is 0.453 e. The van der Waals surface area contributed by atoms with E-state index in [0.717, 1.165) is 66.5 Å². The van der Waals surface area contributed by atoms with Crippen LogP contribution in [0.1, 0.15) is 0 Å². The van der Waals surface area contributed by atoms with Crippen LogP contribution in [0.2, 0.25) is 0 Å². The van der Waals surface area contributed by atoms with E-state index in [9.17, 15) is 0 Å². The predicted molar refractivity (Wildman–Crippen MR) is 229 cm³/mol. The van der Waals surface area contributed by atoms with E-state index >= 15 is 0 Å². The van der Waals surface area contributed by atoms with Gasteiger partial charge in [-0.25, -0.2) is 15.0 Å². The molecule has 260 valence electrons. The zero-order valence-corrected chi connectivity index (χ0v) is 30.0. The van der Waals surface area contributed by atoms with E-state index in [4.69, 9.17) is 19.4 Å². The second-order valence-electron chi connectivity index (χ2n) is 14.3. The number of nitrogens with zero attached hydrogens (tertiary/aromatic N) is 4. The van der Waals surface area contributed by atoms with Gasteiger partial charge in [0, 0.05) is 32.7 Å². The summed E-state index contributed by atoms with van der Waals surface area (Å²) in [7, 11) is 0. The van der Waals surface area contributed by atoms with Crippen LogP contribution in [0.5, 0.6) is 0 Å². The molecule has 0 saturated heterocycles. The van der Waals surface area contributed by atoms with Crippen molar-refractivity contribution < 1.29 is 4.42 Å². The molecule has 5 nitrogen and oxygen atoms in total. The summed E-state index contributed by atoms with van der Waals surface area (Å²) in [6.07, 6.45) is 0. The standard InChI is InChI=1S/C51H30N4O/c1-3-15-31(16-4-1)33-19-7-10-22-40(33)50-52-49(32-17-5-2-6-18-32)53-51(54-50)41-27-11-25-38-39-26-14-30-44(48(39)56-47(38)41)55-42-28-12-23-36-34-20-8-9-21-35(34)37-24-13-29-43(55)46(37)45(36)42/h1-30H. The van der Waals surface area contributed by atoms with Crippen LogP contribution in [-0.2, 0) is 0 Å². The lowest BCUT2D eigenvalue weighted by Crippen LogP contribution is -2.01. The molecule has 5 heteroatoms. The third-order valence-corrected chi connectivity index (χ3v) is 11.2. The Morgan fingerprint density at radius 1 is 0.321 bits per heavy atom. The van der Waals surface area contributed by atoms with Crippen molar-refractivity contribution in [2.75, 3.05) is 0 Å². The molecule has 0 aliphatic carbocycles. The van der Waals surface area contributed by atoms with Crippen LogP contribution < -0.4 is 0 Å². The Kier molecular flexibility index (Phi) is 6.56. The smallest absolute Gasteiger partial charge is 0.167 e. The van der Waals surface area contributed by atoms with Crippen LogP contribution in [0.4, 0.5) is 0 Å². The fraction of sp³-hybridized carbons (Fsp3) is 0. The molecule has 0 fully saturated rings. The minimum Gasteiger partial charge on any atom is -0.453 e. The van der Waals surface area contributed by atoms with Gasteiger partial charge >= 0.3 is 0 Å². The van der Waals surface area contributed by atoms with E-state index in [1.807, 2.05) is 42.5 Å². The quantitative estimate of drug-likeness (QED) is 0.167. The van der Waals surface area contributed by atoms with Gasteiger partial charge in [-0.1, -0.05) is 158 Å². The summed E-state index contributed by atoms with van der Waals surface area (Å²) in [5.74, 6) is 1.76. The zero-order chi connectivity index (χ0) is 36.7. The van der Waals surface area contributed by atoms with Gasteiger partial charge in [-0.3, -0.25) is 0 Å². The first-order valence-corrected chi connectivity index (χ1v) is 18.9. The number of aromatic nitrogens is 4. The van der Waals surface area contributed by atoms with E-state index in [-0.39, 0.29) is 0 Å². The molecule has 0 unspecified atom stereocenters. The first-order valence-electron chi connectivity index (χ1n) is 18.9. The molecule has 3 aromatic heterocycles. The lowest BCUT2D eigenvalue weighted by Gasteiger charge is -2.12. The van der Waals surface area contributed by atoms with Crippen LogP contribution in [0.25, 0.3) is 116 Å². The summed E-state index contributed by atoms with van der Waals surface area (Å²) < 4.78 is 9.47. The summed E-state index contributed by atoms with van der Waals surface area (Å²) in [5, 5.41) is 9.63. The number of rotatable bonds is 5. The molecule has 0 amide bonds. The first-order chi connectivity index (χ1) is 27.8. The normalized spacial score (nSPS) is 11.9. The molecular formula is C51H30N4O. The van der Waals surface area contributed by atoms with E-state index in [2.05, 4.69) is 144 Å². The third-order valence-electron chi connectivity index (χ3n) is 11.2. The Hall–Kier alpha value is -7.63. The van der Waals surface area contributed by atoms with Crippen LogP contribution in [0.3, 0.4) is 0 Å². The van der Waals surface area contributed by atoms with Crippen molar-refractivity contribution in [3.63, 3.8) is 0 Å². The Morgan fingerprint density at radius 3 is 1.46 bits per heavy atom. The number of fused-ring (bicyclic) bond motifs is 6. The van der Waals surface area contributed by atoms with Crippen LogP contribution >= 0.6 is 0 Å². The van der Waals surface area contributed by atoms with Crippen molar-refractivity contribution in [2.45, 2.75) is 0 Å². The van der Waals surface area contributed by atoms with Crippen molar-refractivity contribution in [1.29, 1.82) is 0 Å². The van der Waals surface area contributed by atoms with Crippen LogP contribution in [0.15, 0.2) is 186 Å². The van der Waals surface area contributed by atoms with E-state index < -0.39 is 0 Å². The Bertz CT molecular complexity index is 3390. The highest BCUT2D eigenvalue weighted by Gasteiger charge is 2.24. The second kappa shape index (κ2) is 11.9. The molecule has 0 aliphatic rings. The summed E-state index contributed by atoms with van der Waals surface area (Å²) in [5.41, 5.74) is 9.66. The number of para-hydroxylation sites is 2. The monoisotopic (exact) mass is 714 g/mol. The summed E-state index contributed by atoms with van der Waals surface area (Å²) in [4.78, 5) is 15.4. The highest BCUT2D eigenvalue weighted by molar-refractivity contribution is 6.34. The summed E-state index contributed by atoms with van der Waals surface area (Å²) in [6.45, 7) is 0. The molecule has 12 rings (SSSR count). The minimum atomic E-state index is 0.553. The van der Waals surface area contributed by atoms with Gasteiger partial charge in [-0.05, 0) is 56.9 Å². The molecule has 0 radical (unpaired) electrons. The highest BCUT2D eigenvalue weighted by atomic mass is 16.3. The molecule has 3 heterocycles. The lowest BCUT2D eigenvalue weighted by atomic mass is 9.95. The number of furan rings is 1. The van der Waals surface area contributed by atoms with Crippen LogP contribution in [-0.4, -0.2) is 19.5 Å². The Morgan fingerprint density at radius 2 is 0.786 bits per heavy atom. The average molecular weight is 715 g/mol. The molecule has 12 aromatic rings. The Balaban J connectivity index is 1.12. The maximum Gasteiger partial charge on any atom is 0.167 e. The number of hydrogen-bond acceptors (Lipinski definition) is 4. The van der Waals surface area contributed by atoms with E-state index in [1.165, 1.54) is 32.3 Å². The van der Waals surface area contributed by atoms with Crippen molar-refractivity contribution in [3.05, 3.63) is 182 Å². The summed E-state index contributed by atoms with van der Waals surface area (Å²) >= 11 is 0. The van der Waals surface area contributed by atoms with E-state index in [1.54, 1.807) is 0 Å². The van der Waals surface area contributed by atoms with Crippen molar-refractivity contribution in [3.8, 4) is 51.0 Å². The minimum absolute atomic E-state index is 0.553. The molecule has 0 bridgehead atoms. The number of benzene rings is 9. The van der Waals surface area contributed by atoms with Crippen molar-refractivity contribution in [2.24, 2.45) is 0 Å². The highest BCUT2D eigenvalue weighted by Crippen LogP contribution is 2.45. The second-order valence-corrected chi connectivity index (χ2v) is 14.3. The molecule has 56 heavy (non-hydrogen) atoms. The van der Waals surface area contributed by atoms with Gasteiger partial charge < -0.3 is 8.98 Å². The first kappa shape index (κ1) is 30.8. The lowest BCUT2D eigenvalue weighted by molar-refractivity contribution is 0.667. The third kappa shape index (κ3) is 4.46. The molecule has 0 atom stereocenters. The topological polar surface area (TPSA) is 56.7 Å². The van der Waals surface area contributed by atoms with Gasteiger partial charge in [0.05, 0.1) is 22.3 Å². The predicted octanol–water partition coefficient (Wildman–Crippen LogP) is 13.3. The molecule has 0 saturated carbocycles. The molecule has 0 spiro atoms. The van der Waals surface area contributed by atoms with Gasteiger partial charge in [-0.15, -0.1) is 0 Å².